The van der Waals surface area contributed by atoms with Gasteiger partial charge in [-0.1, -0.05) is 13.8 Å². The molecule has 0 fully saturated rings. The van der Waals surface area contributed by atoms with Crippen LogP contribution in [-0.4, -0.2) is 77.1 Å². The Morgan fingerprint density at radius 2 is 1.43 bits per heavy atom. The summed E-state index contributed by atoms with van der Waals surface area (Å²) in [6, 6.07) is -4.49. The molecule has 0 spiro atoms. The van der Waals surface area contributed by atoms with Gasteiger partial charge in [-0.15, -0.1) is 0 Å². The van der Waals surface area contributed by atoms with Crippen LogP contribution < -0.4 is 38.9 Å². The maximum absolute atomic E-state index is 13.0. The highest BCUT2D eigenvalue weighted by atomic mass is 32.1. The number of carbonyl (C=O) groups excluding carboxylic acids is 4. The normalized spacial score (nSPS) is 14.2. The van der Waals surface area contributed by atoms with E-state index in [-0.39, 0.29) is 49.9 Å². The maximum atomic E-state index is 13.0. The summed E-state index contributed by atoms with van der Waals surface area (Å²) in [6.07, 6.45) is 0.537. The highest BCUT2D eigenvalue weighted by Gasteiger charge is 2.30. The molecule has 0 aliphatic carbocycles. The van der Waals surface area contributed by atoms with E-state index in [2.05, 4.69) is 33.6 Å². The van der Waals surface area contributed by atoms with Gasteiger partial charge in [-0.2, -0.15) is 12.6 Å². The summed E-state index contributed by atoms with van der Waals surface area (Å²) >= 11 is 3.92. The number of hydrogen-bond acceptors (Lipinski definition) is 8. The van der Waals surface area contributed by atoms with Crippen molar-refractivity contribution in [1.29, 1.82) is 0 Å². The van der Waals surface area contributed by atoms with Gasteiger partial charge in [0.15, 0.2) is 5.96 Å². The van der Waals surface area contributed by atoms with Crippen molar-refractivity contribution in [2.45, 2.75) is 70.1 Å². The smallest absolute Gasteiger partial charge is 0.327 e. The lowest BCUT2D eigenvalue weighted by Gasteiger charge is -2.26. The Hall–Kier alpha value is -3.07. The first kappa shape index (κ1) is 31.9. The number of nitrogens with one attached hydrogen (secondary N) is 3. The molecule has 14 nitrogen and oxygen atoms in total. The average Bonchev–Trinajstić information content (AvgIpc) is 2.75. The van der Waals surface area contributed by atoms with Crippen LogP contribution in [0.2, 0.25) is 0 Å². The summed E-state index contributed by atoms with van der Waals surface area (Å²) < 4.78 is 0. The van der Waals surface area contributed by atoms with Crippen LogP contribution in [-0.2, 0) is 24.0 Å². The van der Waals surface area contributed by atoms with Crippen LogP contribution in [0.15, 0.2) is 4.99 Å². The summed E-state index contributed by atoms with van der Waals surface area (Å²) in [7, 11) is 0. The van der Waals surface area contributed by atoms with Gasteiger partial charge in [0.2, 0.25) is 23.6 Å². The fourth-order valence-corrected chi connectivity index (χ4v) is 3.16. The molecule has 4 amide bonds. The number of amides is 4. The largest absolute Gasteiger partial charge is 0.480 e. The molecule has 4 atom stereocenters. The fraction of sp³-hybridized carbons (Fsp3) is 0.700. The zero-order chi connectivity index (χ0) is 27.1. The van der Waals surface area contributed by atoms with Gasteiger partial charge in [-0.25, -0.2) is 4.79 Å². The second-order valence-electron chi connectivity index (χ2n) is 8.39. The molecule has 0 radical (unpaired) electrons. The molecule has 15 heteroatoms. The number of carboxylic acids is 1. The van der Waals surface area contributed by atoms with Gasteiger partial charge >= 0.3 is 5.97 Å². The number of carboxylic acid groups (broad SMARTS) is 1. The van der Waals surface area contributed by atoms with Crippen LogP contribution in [0.5, 0.6) is 0 Å². The van der Waals surface area contributed by atoms with E-state index in [1.807, 2.05) is 13.8 Å². The number of primary amides is 1. The van der Waals surface area contributed by atoms with E-state index in [1.165, 1.54) is 0 Å². The van der Waals surface area contributed by atoms with Crippen LogP contribution in [0.1, 0.15) is 46.0 Å². The first-order chi connectivity index (χ1) is 16.3. The third-order valence-corrected chi connectivity index (χ3v) is 5.12. The van der Waals surface area contributed by atoms with Crippen LogP contribution in [0.3, 0.4) is 0 Å². The van der Waals surface area contributed by atoms with Crippen molar-refractivity contribution >= 4 is 48.2 Å². The second-order valence-corrected chi connectivity index (χ2v) is 8.76. The van der Waals surface area contributed by atoms with Crippen molar-refractivity contribution in [3.8, 4) is 0 Å². The van der Waals surface area contributed by atoms with E-state index >= 15 is 0 Å². The van der Waals surface area contributed by atoms with Crippen molar-refractivity contribution in [2.75, 3.05) is 12.3 Å². The molecule has 35 heavy (non-hydrogen) atoms. The van der Waals surface area contributed by atoms with Crippen LogP contribution in [0, 0.1) is 5.92 Å². The SMILES string of the molecule is CC(C)CC(NC(=O)C(N)CCC(N)=O)C(=O)NC(CCCN=C(N)N)C(=O)NC(CS)C(=O)O. The van der Waals surface area contributed by atoms with Gasteiger partial charge in [0.1, 0.15) is 18.1 Å². The molecule has 0 heterocycles. The molecular weight excluding hydrogens is 480 g/mol. The van der Waals surface area contributed by atoms with Crippen LogP contribution >= 0.6 is 12.6 Å². The maximum Gasteiger partial charge on any atom is 0.327 e. The number of hydrogen-bond donors (Lipinski definition) is 9. The Bertz CT molecular complexity index is 775. The number of carbonyl (C=O) groups is 5. The average molecular weight is 519 g/mol. The predicted octanol–water partition coefficient (Wildman–Crippen LogP) is -2.85. The minimum Gasteiger partial charge on any atom is -0.480 e. The Balaban J connectivity index is 5.51. The van der Waals surface area contributed by atoms with E-state index < -0.39 is 53.8 Å². The van der Waals surface area contributed by atoms with Gasteiger partial charge in [-0.3, -0.25) is 24.2 Å². The van der Waals surface area contributed by atoms with E-state index in [9.17, 15) is 29.1 Å². The third kappa shape index (κ3) is 14.0. The molecule has 0 rings (SSSR count). The van der Waals surface area contributed by atoms with E-state index in [4.69, 9.17) is 22.9 Å². The van der Waals surface area contributed by atoms with Crippen LogP contribution in [0.4, 0.5) is 0 Å². The topological polar surface area (TPSA) is 258 Å². The first-order valence-corrected chi connectivity index (χ1v) is 11.8. The number of thiol groups is 1. The Labute approximate surface area is 209 Å². The molecule has 0 aromatic heterocycles. The molecule has 0 aromatic carbocycles. The fourth-order valence-electron chi connectivity index (χ4n) is 2.91. The predicted molar refractivity (Wildman–Crippen MR) is 133 cm³/mol. The molecule has 0 aromatic rings. The van der Waals surface area contributed by atoms with E-state index in [0.29, 0.717) is 6.42 Å². The zero-order valence-electron chi connectivity index (χ0n) is 20.0. The summed E-state index contributed by atoms with van der Waals surface area (Å²) in [6.45, 7) is 3.85. The Morgan fingerprint density at radius 3 is 1.91 bits per heavy atom. The zero-order valence-corrected chi connectivity index (χ0v) is 20.9. The Morgan fingerprint density at radius 1 is 0.886 bits per heavy atom. The molecule has 0 bridgehead atoms. The molecule has 200 valence electrons. The highest BCUT2D eigenvalue weighted by molar-refractivity contribution is 7.80. The van der Waals surface area contributed by atoms with Crippen molar-refractivity contribution in [2.24, 2.45) is 33.8 Å². The quantitative estimate of drug-likeness (QED) is 0.0414. The summed E-state index contributed by atoms with van der Waals surface area (Å²) in [5.74, 6) is -4.25. The van der Waals surface area contributed by atoms with Crippen molar-refractivity contribution < 1.29 is 29.1 Å². The summed E-state index contributed by atoms with van der Waals surface area (Å²) in [5, 5.41) is 16.6. The van der Waals surface area contributed by atoms with Gasteiger partial charge in [0.25, 0.3) is 0 Å². The minimum atomic E-state index is -1.28. The molecule has 0 saturated carbocycles. The van der Waals surface area contributed by atoms with E-state index in [0.717, 1.165) is 0 Å². The van der Waals surface area contributed by atoms with Crippen molar-refractivity contribution in [3.63, 3.8) is 0 Å². The summed E-state index contributed by atoms with van der Waals surface area (Å²) in [4.78, 5) is 64.3. The number of nitrogens with zero attached hydrogens (tertiary/aromatic N) is 1. The van der Waals surface area contributed by atoms with Gasteiger partial charge in [0, 0.05) is 18.7 Å². The number of rotatable bonds is 17. The van der Waals surface area contributed by atoms with Crippen molar-refractivity contribution in [3.05, 3.63) is 0 Å². The molecule has 0 aliphatic rings. The molecule has 0 saturated heterocycles. The number of guanidine groups is 1. The van der Waals surface area contributed by atoms with Crippen LogP contribution in [0.25, 0.3) is 0 Å². The van der Waals surface area contributed by atoms with Gasteiger partial charge < -0.3 is 44.0 Å². The summed E-state index contributed by atoms with van der Waals surface area (Å²) in [5.41, 5.74) is 21.4. The lowest BCUT2D eigenvalue weighted by molar-refractivity contribution is -0.141. The Kier molecular flexibility index (Phi) is 15.1. The van der Waals surface area contributed by atoms with Gasteiger partial charge in [-0.05, 0) is 31.6 Å². The molecule has 0 aliphatic heterocycles. The third-order valence-electron chi connectivity index (χ3n) is 4.75. The molecule has 12 N–H and O–H groups in total. The monoisotopic (exact) mass is 518 g/mol. The second kappa shape index (κ2) is 16.5. The molecular formula is C20H38N8O6S. The first-order valence-electron chi connectivity index (χ1n) is 11.1. The lowest BCUT2D eigenvalue weighted by Crippen LogP contribution is -2.57. The minimum absolute atomic E-state index is 0.00725. The molecule has 4 unspecified atom stereocenters. The lowest BCUT2D eigenvalue weighted by atomic mass is 10.0. The van der Waals surface area contributed by atoms with Crippen molar-refractivity contribution in [1.82, 2.24) is 16.0 Å². The number of nitrogens with two attached hydrogens (primary N) is 4. The number of aliphatic imine (C=N–C) groups is 1. The van der Waals surface area contributed by atoms with E-state index in [1.54, 1.807) is 0 Å². The number of aliphatic carboxylic acids is 1. The highest BCUT2D eigenvalue weighted by Crippen LogP contribution is 2.08. The van der Waals surface area contributed by atoms with Gasteiger partial charge in [0.05, 0.1) is 6.04 Å². The standard InChI is InChI=1S/C20H38N8O6S/c1-10(2)8-13(27-16(30)11(21)5-6-15(22)29)18(32)26-12(4-3-7-25-20(23)24)17(31)28-14(9-35)19(33)34/h10-14,35H,3-9,21H2,1-2H3,(H2,22,29)(H,26,32)(H,27,30)(H,28,31)(H,33,34)(H4,23,24,25).